The number of hydrogen-bond acceptors (Lipinski definition) is 6. The first-order chi connectivity index (χ1) is 13.6. The van der Waals surface area contributed by atoms with Crippen LogP contribution in [-0.4, -0.2) is 42.5 Å². The van der Waals surface area contributed by atoms with Crippen LogP contribution in [0.4, 0.5) is 0 Å². The molecule has 2 aromatic carbocycles. The summed E-state index contributed by atoms with van der Waals surface area (Å²) >= 11 is 1.23. The van der Waals surface area contributed by atoms with Gasteiger partial charge in [0.15, 0.2) is 16.7 Å². The van der Waals surface area contributed by atoms with Gasteiger partial charge in [-0.3, -0.25) is 14.2 Å². The Balaban J connectivity index is 2.06. The molecule has 146 valence electrons. The minimum Gasteiger partial charge on any atom is -0.493 e. The van der Waals surface area contributed by atoms with Gasteiger partial charge in [0.1, 0.15) is 0 Å². The third-order valence-electron chi connectivity index (χ3n) is 4.23. The maximum Gasteiger partial charge on any atom is 0.262 e. The lowest BCUT2D eigenvalue weighted by Gasteiger charge is -2.14. The summed E-state index contributed by atoms with van der Waals surface area (Å²) in [5.41, 5.74) is 1.31. The fourth-order valence-electron chi connectivity index (χ4n) is 2.76. The smallest absolute Gasteiger partial charge is 0.262 e. The molecule has 3 aromatic rings. The van der Waals surface area contributed by atoms with Crippen molar-refractivity contribution < 1.29 is 14.3 Å². The van der Waals surface area contributed by atoms with E-state index in [4.69, 9.17) is 9.47 Å². The molecule has 0 aliphatic rings. The Morgan fingerprint density at radius 3 is 2.61 bits per heavy atom. The molecule has 1 amide bonds. The minimum atomic E-state index is -0.153. The first-order valence-electron chi connectivity index (χ1n) is 8.61. The fourth-order valence-corrected chi connectivity index (χ4v) is 3.63. The summed E-state index contributed by atoms with van der Waals surface area (Å²) in [4.78, 5) is 29.4. The Hall–Kier alpha value is -3.00. The van der Waals surface area contributed by atoms with Crippen LogP contribution in [0.5, 0.6) is 11.5 Å². The number of hydrogen-bond donors (Lipinski definition) is 1. The van der Waals surface area contributed by atoms with Gasteiger partial charge in [-0.2, -0.15) is 0 Å². The number of aromatic nitrogens is 2. The molecule has 8 heteroatoms. The van der Waals surface area contributed by atoms with Crippen molar-refractivity contribution in [1.82, 2.24) is 14.9 Å². The van der Waals surface area contributed by atoms with Gasteiger partial charge in [0.2, 0.25) is 5.91 Å². The van der Waals surface area contributed by atoms with Crippen molar-refractivity contribution >= 4 is 28.6 Å². The second-order valence-corrected chi connectivity index (χ2v) is 6.90. The number of thioether (sulfide) groups is 1. The molecule has 0 atom stereocenters. The summed E-state index contributed by atoms with van der Waals surface area (Å²) in [6.45, 7) is 0.299. The van der Waals surface area contributed by atoms with Crippen LogP contribution in [0.2, 0.25) is 0 Å². The number of para-hydroxylation sites is 1. The largest absolute Gasteiger partial charge is 0.493 e. The molecule has 1 N–H and O–H groups in total. The molecule has 0 bridgehead atoms. The maximum atomic E-state index is 13.1. The second kappa shape index (κ2) is 8.79. The molecule has 0 fully saturated rings. The minimum absolute atomic E-state index is 0.134. The third-order valence-corrected chi connectivity index (χ3v) is 5.20. The van der Waals surface area contributed by atoms with E-state index in [1.54, 1.807) is 44.0 Å². The zero-order valence-corrected chi connectivity index (χ0v) is 16.7. The number of amides is 1. The molecule has 0 radical (unpaired) electrons. The number of fused-ring (bicyclic) bond motifs is 1. The number of nitrogens with one attached hydrogen (secondary N) is 1. The highest BCUT2D eigenvalue weighted by Gasteiger charge is 2.14. The van der Waals surface area contributed by atoms with Crippen molar-refractivity contribution in [2.24, 2.45) is 0 Å². The number of nitrogens with zero attached hydrogens (tertiary/aromatic N) is 2. The van der Waals surface area contributed by atoms with Crippen LogP contribution in [0.25, 0.3) is 10.9 Å². The Morgan fingerprint density at radius 2 is 1.89 bits per heavy atom. The van der Waals surface area contributed by atoms with Crippen molar-refractivity contribution in [2.75, 3.05) is 27.0 Å². The topological polar surface area (TPSA) is 82.5 Å². The van der Waals surface area contributed by atoms with E-state index in [2.05, 4.69) is 10.3 Å². The van der Waals surface area contributed by atoms with Gasteiger partial charge in [-0.25, -0.2) is 4.98 Å². The molecule has 0 aliphatic carbocycles. The van der Waals surface area contributed by atoms with E-state index in [1.807, 2.05) is 24.3 Å². The van der Waals surface area contributed by atoms with Crippen LogP contribution in [0.3, 0.4) is 0 Å². The van der Waals surface area contributed by atoms with Crippen molar-refractivity contribution in [1.29, 1.82) is 0 Å². The zero-order chi connectivity index (χ0) is 20.1. The van der Waals surface area contributed by atoms with Gasteiger partial charge >= 0.3 is 0 Å². The fraction of sp³-hybridized carbons (Fsp3) is 0.250. The lowest BCUT2D eigenvalue weighted by atomic mass is 10.2. The third kappa shape index (κ3) is 4.12. The molecule has 0 aliphatic heterocycles. The van der Waals surface area contributed by atoms with Gasteiger partial charge < -0.3 is 14.8 Å². The number of ether oxygens (including phenoxy) is 2. The van der Waals surface area contributed by atoms with E-state index in [0.29, 0.717) is 34.1 Å². The Kier molecular flexibility index (Phi) is 6.20. The molecule has 7 nitrogen and oxygen atoms in total. The standard InChI is InChI=1S/C20H21N3O4S/c1-21-18(24)12-28-20-22-15-7-5-4-6-14(15)19(25)23(20)11-13-8-9-16(26-2)17(10-13)27-3/h4-10H,11-12H2,1-3H3,(H,21,24). The molecular weight excluding hydrogens is 378 g/mol. The highest BCUT2D eigenvalue weighted by atomic mass is 32.2. The molecule has 1 aromatic heterocycles. The number of rotatable bonds is 7. The lowest BCUT2D eigenvalue weighted by molar-refractivity contribution is -0.118. The average molecular weight is 399 g/mol. The van der Waals surface area contributed by atoms with Crippen LogP contribution in [-0.2, 0) is 11.3 Å². The summed E-state index contributed by atoms with van der Waals surface area (Å²) < 4.78 is 12.2. The summed E-state index contributed by atoms with van der Waals surface area (Å²) in [7, 11) is 4.71. The molecule has 0 saturated heterocycles. The van der Waals surface area contributed by atoms with E-state index >= 15 is 0 Å². The summed E-state index contributed by atoms with van der Waals surface area (Å²) in [5.74, 6) is 1.24. The number of carbonyl (C=O) groups is 1. The van der Waals surface area contributed by atoms with Gasteiger partial charge in [-0.05, 0) is 29.8 Å². The molecule has 3 rings (SSSR count). The van der Waals surface area contributed by atoms with Crippen molar-refractivity contribution in [2.45, 2.75) is 11.7 Å². The van der Waals surface area contributed by atoms with Gasteiger partial charge in [0.05, 0.1) is 37.4 Å². The highest BCUT2D eigenvalue weighted by Crippen LogP contribution is 2.28. The molecule has 0 saturated carbocycles. The van der Waals surface area contributed by atoms with E-state index < -0.39 is 0 Å². The molecule has 28 heavy (non-hydrogen) atoms. The van der Waals surface area contributed by atoms with Crippen molar-refractivity contribution in [3.63, 3.8) is 0 Å². The molecular formula is C20H21N3O4S. The average Bonchev–Trinajstić information content (AvgIpc) is 2.74. The molecule has 1 heterocycles. The predicted molar refractivity (Wildman–Crippen MR) is 109 cm³/mol. The SMILES string of the molecule is CNC(=O)CSc1nc2ccccc2c(=O)n1Cc1ccc(OC)c(OC)c1. The van der Waals surface area contributed by atoms with Gasteiger partial charge in [0, 0.05) is 7.05 Å². The van der Waals surface area contributed by atoms with E-state index in [-0.39, 0.29) is 17.2 Å². The van der Waals surface area contributed by atoms with Crippen LogP contribution < -0.4 is 20.3 Å². The number of benzene rings is 2. The first-order valence-corrected chi connectivity index (χ1v) is 9.59. The Morgan fingerprint density at radius 1 is 1.14 bits per heavy atom. The zero-order valence-electron chi connectivity index (χ0n) is 15.9. The van der Waals surface area contributed by atoms with E-state index in [1.165, 1.54) is 11.8 Å². The molecule has 0 unspecified atom stereocenters. The van der Waals surface area contributed by atoms with Gasteiger partial charge in [0.25, 0.3) is 5.56 Å². The summed E-state index contributed by atoms with van der Waals surface area (Å²) in [6.07, 6.45) is 0. The number of carbonyl (C=O) groups excluding carboxylic acids is 1. The van der Waals surface area contributed by atoms with Crippen molar-refractivity contribution in [3.05, 3.63) is 58.4 Å². The summed E-state index contributed by atoms with van der Waals surface area (Å²) in [6, 6.07) is 12.7. The van der Waals surface area contributed by atoms with Gasteiger partial charge in [-0.15, -0.1) is 0 Å². The van der Waals surface area contributed by atoms with Crippen LogP contribution in [0.15, 0.2) is 52.4 Å². The normalized spacial score (nSPS) is 10.7. The van der Waals surface area contributed by atoms with Gasteiger partial charge in [-0.1, -0.05) is 30.0 Å². The first kappa shape index (κ1) is 19.8. The maximum absolute atomic E-state index is 13.1. The second-order valence-electron chi connectivity index (χ2n) is 5.95. The summed E-state index contributed by atoms with van der Waals surface area (Å²) in [5, 5.41) is 3.60. The van der Waals surface area contributed by atoms with Crippen LogP contribution in [0, 0.1) is 0 Å². The number of methoxy groups -OCH3 is 2. The monoisotopic (exact) mass is 399 g/mol. The van der Waals surface area contributed by atoms with Crippen LogP contribution >= 0.6 is 11.8 Å². The predicted octanol–water partition coefficient (Wildman–Crippen LogP) is 2.30. The van der Waals surface area contributed by atoms with Crippen LogP contribution in [0.1, 0.15) is 5.56 Å². The Bertz CT molecular complexity index is 1060. The lowest BCUT2D eigenvalue weighted by Crippen LogP contribution is -2.25. The quantitative estimate of drug-likeness (QED) is 0.485. The Labute approximate surface area is 166 Å². The van der Waals surface area contributed by atoms with Crippen molar-refractivity contribution in [3.8, 4) is 11.5 Å². The molecule has 0 spiro atoms. The van der Waals surface area contributed by atoms with E-state index in [0.717, 1.165) is 5.56 Å². The van der Waals surface area contributed by atoms with E-state index in [9.17, 15) is 9.59 Å². The highest BCUT2D eigenvalue weighted by molar-refractivity contribution is 7.99.